The lowest BCUT2D eigenvalue weighted by Gasteiger charge is -2.35. The van der Waals surface area contributed by atoms with Crippen LogP contribution in [0.15, 0.2) is 0 Å². The Morgan fingerprint density at radius 1 is 1.00 bits per heavy atom. The Morgan fingerprint density at radius 2 is 1.67 bits per heavy atom. The molecular formula is C13H27NO4. The molecule has 0 aromatic carbocycles. The second-order valence-corrected chi connectivity index (χ2v) is 4.42. The molecule has 0 unspecified atom stereocenters. The van der Waals surface area contributed by atoms with E-state index in [2.05, 4.69) is 5.32 Å². The average molecular weight is 261 g/mol. The second-order valence-electron chi connectivity index (χ2n) is 4.42. The molecule has 0 atom stereocenters. The Kier molecular flexibility index (Phi) is 9.42. The normalized spacial score (nSPS) is 23.0. The van der Waals surface area contributed by atoms with Crippen LogP contribution in [0.4, 0.5) is 0 Å². The lowest BCUT2D eigenvalue weighted by atomic mass is 9.89. The topological polar surface area (TPSA) is 49.0 Å². The fraction of sp³-hybridized carbons (Fsp3) is 1.00. The fourth-order valence-electron chi connectivity index (χ4n) is 1.90. The molecular weight excluding hydrogens is 234 g/mol. The van der Waals surface area contributed by atoms with E-state index in [1.54, 1.807) is 7.11 Å². The minimum absolute atomic E-state index is 0.475. The van der Waals surface area contributed by atoms with Crippen molar-refractivity contribution in [3.63, 3.8) is 0 Å². The van der Waals surface area contributed by atoms with Crippen LogP contribution in [0.25, 0.3) is 0 Å². The molecule has 1 rings (SSSR count). The molecule has 0 bridgehead atoms. The largest absolute Gasteiger partial charge is 0.382 e. The van der Waals surface area contributed by atoms with Crippen molar-refractivity contribution in [3.05, 3.63) is 0 Å². The van der Waals surface area contributed by atoms with E-state index >= 15 is 0 Å². The van der Waals surface area contributed by atoms with E-state index in [0.717, 1.165) is 32.6 Å². The van der Waals surface area contributed by atoms with Gasteiger partial charge in [-0.25, -0.2) is 0 Å². The maximum absolute atomic E-state index is 5.50. The highest BCUT2D eigenvalue weighted by atomic mass is 16.5. The molecule has 0 aromatic rings. The van der Waals surface area contributed by atoms with Gasteiger partial charge in [0.2, 0.25) is 0 Å². The summed E-state index contributed by atoms with van der Waals surface area (Å²) >= 11 is 0. The van der Waals surface area contributed by atoms with Gasteiger partial charge < -0.3 is 24.3 Å². The molecule has 0 heterocycles. The first-order valence-corrected chi connectivity index (χ1v) is 6.86. The molecule has 0 saturated heterocycles. The van der Waals surface area contributed by atoms with Crippen LogP contribution in [0, 0.1) is 0 Å². The van der Waals surface area contributed by atoms with Crippen molar-refractivity contribution in [2.75, 3.05) is 53.3 Å². The van der Waals surface area contributed by atoms with E-state index < -0.39 is 0 Å². The summed E-state index contributed by atoms with van der Waals surface area (Å²) in [5.74, 6) is 0. The van der Waals surface area contributed by atoms with Crippen LogP contribution in [0.5, 0.6) is 0 Å². The zero-order valence-electron chi connectivity index (χ0n) is 11.7. The van der Waals surface area contributed by atoms with Crippen molar-refractivity contribution in [3.8, 4) is 0 Å². The molecule has 0 amide bonds. The number of nitrogens with one attached hydrogen (secondary N) is 1. The third kappa shape index (κ3) is 7.28. The van der Waals surface area contributed by atoms with Crippen molar-refractivity contribution < 1.29 is 18.9 Å². The first kappa shape index (κ1) is 15.9. The Bertz CT molecular complexity index is 186. The van der Waals surface area contributed by atoms with Gasteiger partial charge in [0.05, 0.1) is 39.1 Å². The highest BCUT2D eigenvalue weighted by Gasteiger charge is 2.28. The van der Waals surface area contributed by atoms with E-state index in [1.165, 1.54) is 0 Å². The minimum Gasteiger partial charge on any atom is -0.382 e. The zero-order chi connectivity index (χ0) is 13.1. The maximum Gasteiger partial charge on any atom is 0.0701 e. The van der Waals surface area contributed by atoms with Crippen LogP contribution in [0.3, 0.4) is 0 Å². The highest BCUT2D eigenvalue weighted by Crippen LogP contribution is 2.22. The molecule has 1 aliphatic rings. The first-order chi connectivity index (χ1) is 8.86. The van der Waals surface area contributed by atoms with Gasteiger partial charge in [0.1, 0.15) is 0 Å². The van der Waals surface area contributed by atoms with E-state index in [4.69, 9.17) is 18.9 Å². The summed E-state index contributed by atoms with van der Waals surface area (Å²) in [6.07, 6.45) is 2.74. The number of rotatable bonds is 12. The molecule has 0 radical (unpaired) electrons. The Labute approximate surface area is 110 Å². The summed E-state index contributed by atoms with van der Waals surface area (Å²) in [5.41, 5.74) is 0. The summed E-state index contributed by atoms with van der Waals surface area (Å²) in [4.78, 5) is 0. The third-order valence-electron chi connectivity index (χ3n) is 2.98. The molecule has 1 saturated carbocycles. The van der Waals surface area contributed by atoms with Crippen LogP contribution in [-0.2, 0) is 18.9 Å². The smallest absolute Gasteiger partial charge is 0.0701 e. The van der Waals surface area contributed by atoms with E-state index in [-0.39, 0.29) is 0 Å². The quantitative estimate of drug-likeness (QED) is 0.527. The first-order valence-electron chi connectivity index (χ1n) is 6.86. The van der Waals surface area contributed by atoms with E-state index in [1.807, 2.05) is 6.92 Å². The van der Waals surface area contributed by atoms with Gasteiger partial charge in [-0.05, 0) is 19.8 Å². The Hall–Kier alpha value is -0.200. The van der Waals surface area contributed by atoms with Crippen LogP contribution < -0.4 is 5.32 Å². The molecule has 108 valence electrons. The SMILES string of the molecule is CCOC1CC(NCCOCCOCCOC)C1. The number of ether oxygens (including phenoxy) is 4. The molecule has 18 heavy (non-hydrogen) atoms. The molecule has 5 heteroatoms. The molecule has 0 aliphatic heterocycles. The van der Waals surface area contributed by atoms with Gasteiger partial charge in [-0.3, -0.25) is 0 Å². The van der Waals surface area contributed by atoms with E-state index in [0.29, 0.717) is 38.6 Å². The van der Waals surface area contributed by atoms with Gasteiger partial charge in [0.15, 0.2) is 0 Å². The molecule has 1 N–H and O–H groups in total. The van der Waals surface area contributed by atoms with Crippen molar-refractivity contribution in [2.45, 2.75) is 31.9 Å². The highest BCUT2D eigenvalue weighted by molar-refractivity contribution is 4.85. The summed E-state index contributed by atoms with van der Waals surface area (Å²) in [7, 11) is 1.67. The second kappa shape index (κ2) is 10.7. The van der Waals surface area contributed by atoms with Crippen LogP contribution in [-0.4, -0.2) is 65.4 Å². The summed E-state index contributed by atoms with van der Waals surface area (Å²) in [6.45, 7) is 7.08. The van der Waals surface area contributed by atoms with Gasteiger partial charge in [-0.1, -0.05) is 0 Å². The predicted molar refractivity (Wildman–Crippen MR) is 70.0 cm³/mol. The van der Waals surface area contributed by atoms with E-state index in [9.17, 15) is 0 Å². The van der Waals surface area contributed by atoms with Crippen molar-refractivity contribution in [2.24, 2.45) is 0 Å². The van der Waals surface area contributed by atoms with Crippen molar-refractivity contribution in [1.82, 2.24) is 5.32 Å². The maximum atomic E-state index is 5.50. The minimum atomic E-state index is 0.475. The summed E-state index contributed by atoms with van der Waals surface area (Å²) in [6, 6.07) is 0.614. The third-order valence-corrected chi connectivity index (χ3v) is 2.98. The van der Waals surface area contributed by atoms with Gasteiger partial charge in [-0.15, -0.1) is 0 Å². The number of hydrogen-bond acceptors (Lipinski definition) is 5. The number of hydrogen-bond donors (Lipinski definition) is 1. The summed E-state index contributed by atoms with van der Waals surface area (Å²) in [5, 5.41) is 3.45. The predicted octanol–water partition coefficient (Wildman–Crippen LogP) is 0.823. The van der Waals surface area contributed by atoms with Crippen LogP contribution in [0.1, 0.15) is 19.8 Å². The fourth-order valence-corrected chi connectivity index (χ4v) is 1.90. The molecule has 0 spiro atoms. The van der Waals surface area contributed by atoms with Gasteiger partial charge in [-0.2, -0.15) is 0 Å². The standard InChI is InChI=1S/C13H27NO4/c1-3-18-13-10-12(11-13)14-4-5-16-8-9-17-7-6-15-2/h12-14H,3-11H2,1-2H3. The van der Waals surface area contributed by atoms with Crippen LogP contribution in [0.2, 0.25) is 0 Å². The molecule has 1 fully saturated rings. The monoisotopic (exact) mass is 261 g/mol. The Balaban J connectivity index is 1.72. The van der Waals surface area contributed by atoms with Gasteiger partial charge in [0, 0.05) is 26.3 Å². The molecule has 0 aromatic heterocycles. The molecule has 5 nitrogen and oxygen atoms in total. The lowest BCUT2D eigenvalue weighted by molar-refractivity contribution is -0.0128. The Morgan fingerprint density at radius 3 is 2.33 bits per heavy atom. The van der Waals surface area contributed by atoms with Crippen molar-refractivity contribution in [1.29, 1.82) is 0 Å². The zero-order valence-corrected chi connectivity index (χ0v) is 11.7. The summed E-state index contributed by atoms with van der Waals surface area (Å²) < 4.78 is 21.1. The number of methoxy groups -OCH3 is 1. The van der Waals surface area contributed by atoms with Crippen molar-refractivity contribution >= 4 is 0 Å². The van der Waals surface area contributed by atoms with Crippen LogP contribution >= 0.6 is 0 Å². The molecule has 1 aliphatic carbocycles. The van der Waals surface area contributed by atoms with Gasteiger partial charge >= 0.3 is 0 Å². The average Bonchev–Trinajstić information content (AvgIpc) is 2.33. The lowest BCUT2D eigenvalue weighted by Crippen LogP contribution is -2.46. The van der Waals surface area contributed by atoms with Gasteiger partial charge in [0.25, 0.3) is 0 Å².